The zero-order chi connectivity index (χ0) is 15.9. The third-order valence-corrected chi connectivity index (χ3v) is 3.41. The fourth-order valence-electron chi connectivity index (χ4n) is 1.49. The number of thioether (sulfide) groups is 1. The van der Waals surface area contributed by atoms with Crippen molar-refractivity contribution in [1.29, 1.82) is 0 Å². The van der Waals surface area contributed by atoms with Crippen molar-refractivity contribution >= 4 is 17.7 Å². The number of ether oxygens (including phenoxy) is 1. The van der Waals surface area contributed by atoms with Gasteiger partial charge in [-0.2, -0.15) is 8.78 Å². The summed E-state index contributed by atoms with van der Waals surface area (Å²) < 4.78 is 34.1. The summed E-state index contributed by atoms with van der Waals surface area (Å²) in [5.74, 6) is -2.65. The molecule has 0 radical (unpaired) electrons. The number of amides is 1. The lowest BCUT2D eigenvalue weighted by molar-refractivity contribution is 0.0240. The monoisotopic (exact) mass is 323 g/mol. The Morgan fingerprint density at radius 2 is 2.29 bits per heavy atom. The van der Waals surface area contributed by atoms with Gasteiger partial charge in [0.25, 0.3) is 11.7 Å². The first kappa shape index (κ1) is 17.9. The van der Waals surface area contributed by atoms with E-state index in [2.05, 4.69) is 5.32 Å². The molecule has 0 aliphatic carbocycles. The number of rotatable bonds is 9. The number of carbonyl (C=O) groups is 1. The number of alkyl halides is 2. The molecule has 1 rings (SSSR count). The maximum absolute atomic E-state index is 12.0. The van der Waals surface area contributed by atoms with E-state index in [-0.39, 0.29) is 18.1 Å². The molecule has 1 aromatic rings. The third-order valence-electron chi connectivity index (χ3n) is 2.71. The van der Waals surface area contributed by atoms with E-state index in [0.29, 0.717) is 30.5 Å². The Bertz CT molecular complexity index is 451. The Balaban J connectivity index is 2.45. The summed E-state index contributed by atoms with van der Waals surface area (Å²) in [4.78, 5) is 11.8. The van der Waals surface area contributed by atoms with Gasteiger partial charge in [-0.1, -0.05) is 11.8 Å². The second-order valence-electron chi connectivity index (χ2n) is 4.76. The van der Waals surface area contributed by atoms with E-state index in [1.165, 1.54) is 19.2 Å². The van der Waals surface area contributed by atoms with Gasteiger partial charge in [-0.25, -0.2) is 0 Å². The molecule has 21 heavy (non-hydrogen) atoms. The first-order chi connectivity index (χ1) is 9.84. The molecule has 1 unspecified atom stereocenters. The summed E-state index contributed by atoms with van der Waals surface area (Å²) in [6, 6.07) is 2.90. The minimum atomic E-state index is -2.48. The molecular weight excluding hydrogens is 304 g/mol. The Labute approximate surface area is 126 Å². The number of hydrogen-bond acceptors (Lipinski definition) is 5. The van der Waals surface area contributed by atoms with Crippen LogP contribution in [0.15, 0.2) is 16.5 Å². The maximum atomic E-state index is 12.0. The van der Waals surface area contributed by atoms with Crippen molar-refractivity contribution in [3.05, 3.63) is 23.7 Å². The van der Waals surface area contributed by atoms with Crippen LogP contribution in [0.25, 0.3) is 0 Å². The summed E-state index contributed by atoms with van der Waals surface area (Å²) in [6.45, 7) is 1.99. The second-order valence-corrected chi connectivity index (χ2v) is 5.74. The van der Waals surface area contributed by atoms with Crippen LogP contribution in [0.2, 0.25) is 0 Å². The predicted molar refractivity (Wildman–Crippen MR) is 75.5 cm³/mol. The van der Waals surface area contributed by atoms with Gasteiger partial charge in [-0.15, -0.1) is 0 Å². The van der Waals surface area contributed by atoms with E-state index in [0.717, 1.165) is 0 Å². The normalized spacial score (nSPS) is 14.2. The smallest absolute Gasteiger partial charge is 0.287 e. The third kappa shape index (κ3) is 6.92. The van der Waals surface area contributed by atoms with E-state index in [1.807, 2.05) is 0 Å². The summed E-state index contributed by atoms with van der Waals surface area (Å²) in [5, 5.41) is 12.5. The summed E-state index contributed by atoms with van der Waals surface area (Å²) >= 11 is 0.423. The molecule has 0 aliphatic rings. The second kappa shape index (κ2) is 8.35. The SMILES string of the molecule is COCCC(C)(O)CNC(=O)c1ccc(CSC(F)F)o1. The highest BCUT2D eigenvalue weighted by Gasteiger charge is 2.22. The molecule has 1 amide bonds. The number of aliphatic hydroxyl groups is 1. The van der Waals surface area contributed by atoms with Gasteiger partial charge >= 0.3 is 0 Å². The molecule has 1 aromatic heterocycles. The molecule has 120 valence electrons. The van der Waals surface area contributed by atoms with Crippen LogP contribution in [0, 0.1) is 0 Å². The van der Waals surface area contributed by atoms with Crippen molar-refractivity contribution in [2.75, 3.05) is 20.3 Å². The van der Waals surface area contributed by atoms with Crippen molar-refractivity contribution in [1.82, 2.24) is 5.32 Å². The predicted octanol–water partition coefficient (Wildman–Crippen LogP) is 2.25. The molecule has 0 saturated heterocycles. The summed E-state index contributed by atoms with van der Waals surface area (Å²) in [5.41, 5.74) is -1.09. The lowest BCUT2D eigenvalue weighted by Crippen LogP contribution is -2.41. The van der Waals surface area contributed by atoms with Crippen LogP contribution in [0.5, 0.6) is 0 Å². The molecule has 2 N–H and O–H groups in total. The Hall–Kier alpha value is -1.12. The Morgan fingerprint density at radius 1 is 1.57 bits per heavy atom. The number of furan rings is 1. The van der Waals surface area contributed by atoms with Gasteiger partial charge in [0.2, 0.25) is 0 Å². The molecule has 5 nitrogen and oxygen atoms in total. The van der Waals surface area contributed by atoms with Crippen LogP contribution in [0.3, 0.4) is 0 Å². The van der Waals surface area contributed by atoms with Crippen LogP contribution in [-0.4, -0.2) is 42.6 Å². The zero-order valence-corrected chi connectivity index (χ0v) is 12.7. The molecule has 0 spiro atoms. The molecule has 0 bridgehead atoms. The van der Waals surface area contributed by atoms with Crippen molar-refractivity contribution in [3.8, 4) is 0 Å². The highest BCUT2D eigenvalue weighted by atomic mass is 32.2. The molecule has 8 heteroatoms. The van der Waals surface area contributed by atoms with Crippen molar-refractivity contribution in [2.24, 2.45) is 0 Å². The summed E-state index contributed by atoms with van der Waals surface area (Å²) in [7, 11) is 1.52. The van der Waals surface area contributed by atoms with Crippen molar-refractivity contribution < 1.29 is 27.8 Å². The van der Waals surface area contributed by atoms with Gasteiger partial charge in [-0.3, -0.25) is 4.79 Å². The van der Waals surface area contributed by atoms with Gasteiger partial charge in [0.05, 0.1) is 11.4 Å². The first-order valence-corrected chi connectivity index (χ1v) is 7.37. The Kier molecular flexibility index (Phi) is 7.13. The van der Waals surface area contributed by atoms with Gasteiger partial charge in [-0.05, 0) is 19.1 Å². The number of nitrogens with one attached hydrogen (secondary N) is 1. The fourth-order valence-corrected chi connectivity index (χ4v) is 1.94. The molecule has 0 saturated carbocycles. The van der Waals surface area contributed by atoms with Gasteiger partial charge in [0.1, 0.15) is 5.76 Å². The molecular formula is C13H19F2NO4S. The maximum Gasteiger partial charge on any atom is 0.287 e. The molecule has 0 aromatic carbocycles. The largest absolute Gasteiger partial charge is 0.455 e. The number of carbonyl (C=O) groups excluding carboxylic acids is 1. The van der Waals surface area contributed by atoms with E-state index in [4.69, 9.17) is 9.15 Å². The number of methoxy groups -OCH3 is 1. The van der Waals surface area contributed by atoms with Crippen LogP contribution < -0.4 is 5.32 Å². The number of halogens is 2. The molecule has 1 atom stereocenters. The molecule has 0 fully saturated rings. The van der Waals surface area contributed by atoms with E-state index in [1.54, 1.807) is 6.92 Å². The Morgan fingerprint density at radius 3 is 2.90 bits per heavy atom. The van der Waals surface area contributed by atoms with Crippen LogP contribution in [0.1, 0.15) is 29.7 Å². The standard InChI is InChI=1S/C13H19F2NO4S/c1-13(18,5-6-19-2)8-16-11(17)10-4-3-9(20-10)7-21-12(14)15/h3-4,12,18H,5-8H2,1-2H3,(H,16,17). The first-order valence-electron chi connectivity index (χ1n) is 6.32. The highest BCUT2D eigenvalue weighted by Crippen LogP contribution is 2.21. The van der Waals surface area contributed by atoms with E-state index in [9.17, 15) is 18.7 Å². The van der Waals surface area contributed by atoms with E-state index < -0.39 is 17.3 Å². The van der Waals surface area contributed by atoms with E-state index >= 15 is 0 Å². The molecule has 1 heterocycles. The minimum absolute atomic E-state index is 0.00347. The van der Waals surface area contributed by atoms with Gasteiger partial charge in [0, 0.05) is 26.7 Å². The van der Waals surface area contributed by atoms with Crippen molar-refractivity contribution in [2.45, 2.75) is 30.5 Å². The average molecular weight is 323 g/mol. The van der Waals surface area contributed by atoms with Gasteiger partial charge in [0.15, 0.2) is 5.76 Å². The quantitative estimate of drug-likeness (QED) is 0.729. The van der Waals surface area contributed by atoms with Gasteiger partial charge < -0.3 is 19.6 Å². The summed E-state index contributed by atoms with van der Waals surface area (Å²) in [6.07, 6.45) is 0.373. The van der Waals surface area contributed by atoms with Crippen LogP contribution >= 0.6 is 11.8 Å². The number of hydrogen-bond donors (Lipinski definition) is 2. The minimum Gasteiger partial charge on any atom is -0.455 e. The fraction of sp³-hybridized carbons (Fsp3) is 0.615. The average Bonchev–Trinajstić information content (AvgIpc) is 2.89. The zero-order valence-electron chi connectivity index (χ0n) is 11.9. The lowest BCUT2D eigenvalue weighted by Gasteiger charge is -2.22. The van der Waals surface area contributed by atoms with Crippen LogP contribution in [0.4, 0.5) is 8.78 Å². The van der Waals surface area contributed by atoms with Crippen molar-refractivity contribution in [3.63, 3.8) is 0 Å². The van der Waals surface area contributed by atoms with Crippen LogP contribution in [-0.2, 0) is 10.5 Å². The highest BCUT2D eigenvalue weighted by molar-refractivity contribution is 7.98. The molecule has 0 aliphatic heterocycles. The lowest BCUT2D eigenvalue weighted by atomic mass is 10.0. The topological polar surface area (TPSA) is 71.7 Å².